The quantitative estimate of drug-likeness (QED) is 0.491. The molecule has 4 aromatic rings. The highest BCUT2D eigenvalue weighted by atomic mass is 19.4. The van der Waals surface area contributed by atoms with Crippen LogP contribution in [0.1, 0.15) is 22.4 Å². The number of benzene rings is 1. The minimum atomic E-state index is -4.58. The lowest BCUT2D eigenvalue weighted by Crippen LogP contribution is -2.27. The molecule has 30 heavy (non-hydrogen) atoms. The number of halogens is 3. The summed E-state index contributed by atoms with van der Waals surface area (Å²) in [5, 5.41) is 0. The van der Waals surface area contributed by atoms with Gasteiger partial charge in [-0.15, -0.1) is 0 Å². The predicted octanol–water partition coefficient (Wildman–Crippen LogP) is 4.70. The Morgan fingerprint density at radius 2 is 1.80 bits per heavy atom. The number of hydrogen-bond acceptors (Lipinski definition) is 3. The first-order valence-electron chi connectivity index (χ1n) is 9.34. The fourth-order valence-corrected chi connectivity index (χ4v) is 3.81. The lowest BCUT2D eigenvalue weighted by molar-refractivity contribution is -0.136. The summed E-state index contributed by atoms with van der Waals surface area (Å²) in [6.45, 7) is 1.00. The topological polar surface area (TPSA) is 50.8 Å². The number of carbonyl (C=O) groups is 1. The first kappa shape index (κ1) is 18.5. The van der Waals surface area contributed by atoms with Gasteiger partial charge in [-0.2, -0.15) is 13.2 Å². The van der Waals surface area contributed by atoms with Crippen LogP contribution in [-0.2, 0) is 30.5 Å². The third kappa shape index (κ3) is 3.24. The van der Waals surface area contributed by atoms with Gasteiger partial charge in [0.2, 0.25) is 5.91 Å². The van der Waals surface area contributed by atoms with E-state index in [0.29, 0.717) is 29.9 Å². The van der Waals surface area contributed by atoms with E-state index in [1.165, 1.54) is 23.1 Å². The summed E-state index contributed by atoms with van der Waals surface area (Å²) >= 11 is 0. The molecule has 0 unspecified atom stereocenters. The molecule has 0 spiro atoms. The van der Waals surface area contributed by atoms with Crippen molar-refractivity contribution in [3.8, 4) is 11.1 Å². The molecule has 0 radical (unpaired) electrons. The van der Waals surface area contributed by atoms with Gasteiger partial charge in [0.1, 0.15) is 5.65 Å². The monoisotopic (exact) mass is 411 g/mol. The molecule has 5 nitrogen and oxygen atoms in total. The first-order valence-corrected chi connectivity index (χ1v) is 9.34. The smallest absolute Gasteiger partial charge is 0.420 e. The van der Waals surface area contributed by atoms with Gasteiger partial charge in [0.25, 0.3) is 0 Å². The average molecular weight is 411 g/mol. The maximum Gasteiger partial charge on any atom is 0.420 e. The van der Waals surface area contributed by atoms with E-state index in [0.717, 1.165) is 17.2 Å². The third-order valence-electron chi connectivity index (χ3n) is 5.29. The lowest BCUT2D eigenvalue weighted by atomic mass is 10.1. The molecule has 0 aliphatic carbocycles. The van der Waals surface area contributed by atoms with Crippen molar-refractivity contribution in [2.24, 2.45) is 0 Å². The van der Waals surface area contributed by atoms with Crippen molar-refractivity contribution in [1.29, 1.82) is 0 Å². The zero-order chi connectivity index (χ0) is 20.9. The average Bonchev–Trinajstić information content (AvgIpc) is 3.44. The molecule has 0 atom stereocenters. The Morgan fingerprint density at radius 3 is 2.43 bits per heavy atom. The van der Waals surface area contributed by atoms with E-state index in [4.69, 9.17) is 4.42 Å². The van der Waals surface area contributed by atoms with Crippen molar-refractivity contribution < 1.29 is 22.4 Å². The van der Waals surface area contributed by atoms with Gasteiger partial charge in [-0.05, 0) is 23.3 Å². The van der Waals surface area contributed by atoms with Crippen LogP contribution in [0.2, 0.25) is 0 Å². The number of pyridine rings is 1. The maximum atomic E-state index is 13.7. The van der Waals surface area contributed by atoms with E-state index in [9.17, 15) is 18.0 Å². The molecular weight excluding hydrogens is 395 g/mol. The van der Waals surface area contributed by atoms with Gasteiger partial charge >= 0.3 is 6.18 Å². The molecule has 0 saturated carbocycles. The molecule has 0 saturated heterocycles. The Balaban J connectivity index is 1.47. The number of imidazole rings is 1. The highest BCUT2D eigenvalue weighted by molar-refractivity contribution is 5.79. The van der Waals surface area contributed by atoms with Crippen molar-refractivity contribution in [2.45, 2.75) is 25.7 Å². The van der Waals surface area contributed by atoms with Crippen LogP contribution >= 0.6 is 0 Å². The molecule has 8 heteroatoms. The molecule has 0 N–H and O–H groups in total. The van der Waals surface area contributed by atoms with Gasteiger partial charge in [0.05, 0.1) is 30.2 Å². The molecule has 1 aliphatic heterocycles. The minimum Gasteiger partial charge on any atom is -0.472 e. The van der Waals surface area contributed by atoms with E-state index >= 15 is 0 Å². The molecule has 4 heterocycles. The Labute approximate surface area is 169 Å². The van der Waals surface area contributed by atoms with Crippen LogP contribution in [0.15, 0.2) is 65.7 Å². The van der Waals surface area contributed by atoms with Crippen molar-refractivity contribution in [1.82, 2.24) is 14.3 Å². The Kier molecular flexibility index (Phi) is 4.16. The number of alkyl halides is 3. The van der Waals surface area contributed by atoms with Crippen molar-refractivity contribution in [3.63, 3.8) is 0 Å². The van der Waals surface area contributed by atoms with Gasteiger partial charge in [-0.25, -0.2) is 4.98 Å². The van der Waals surface area contributed by atoms with Gasteiger partial charge in [0.15, 0.2) is 0 Å². The number of fused-ring (bicyclic) bond motifs is 2. The largest absolute Gasteiger partial charge is 0.472 e. The zero-order valence-corrected chi connectivity index (χ0v) is 15.7. The second kappa shape index (κ2) is 6.76. The zero-order valence-electron chi connectivity index (χ0n) is 15.7. The van der Waals surface area contributed by atoms with Gasteiger partial charge in [0, 0.05) is 36.6 Å². The van der Waals surface area contributed by atoms with Crippen LogP contribution in [-0.4, -0.2) is 20.2 Å². The third-order valence-corrected chi connectivity index (χ3v) is 5.29. The molecular formula is C22H16F3N3O2. The van der Waals surface area contributed by atoms with Crippen LogP contribution in [0, 0.1) is 0 Å². The minimum absolute atomic E-state index is 0.0615. The summed E-state index contributed by atoms with van der Waals surface area (Å²) in [5.41, 5.74) is 2.29. The van der Waals surface area contributed by atoms with Crippen molar-refractivity contribution in [3.05, 3.63) is 83.7 Å². The van der Waals surface area contributed by atoms with Crippen LogP contribution in [0.3, 0.4) is 0 Å². The summed E-state index contributed by atoms with van der Waals surface area (Å²) in [5.74, 6) is -0.168. The molecule has 152 valence electrons. The van der Waals surface area contributed by atoms with Crippen LogP contribution in [0.5, 0.6) is 0 Å². The standard InChI is InChI=1S/C22H16F3N3O2/c23-22(24,25)19-7-17(16-5-6-30-13-16)11-28-12-18(26-21(19)28)8-20(29)27-9-14-3-1-2-4-15(14)10-27/h1-7,11-13H,8-10H2. The van der Waals surface area contributed by atoms with Crippen LogP contribution in [0.25, 0.3) is 16.8 Å². The maximum absolute atomic E-state index is 13.7. The van der Waals surface area contributed by atoms with Crippen molar-refractivity contribution in [2.75, 3.05) is 0 Å². The first-order chi connectivity index (χ1) is 14.4. The number of amides is 1. The highest BCUT2D eigenvalue weighted by Crippen LogP contribution is 2.35. The van der Waals surface area contributed by atoms with Gasteiger partial charge in [-0.1, -0.05) is 24.3 Å². The van der Waals surface area contributed by atoms with E-state index < -0.39 is 11.7 Å². The Morgan fingerprint density at radius 1 is 1.07 bits per heavy atom. The normalized spacial score (nSPS) is 13.8. The summed E-state index contributed by atoms with van der Waals surface area (Å²) < 4.78 is 47.3. The second-order valence-electron chi connectivity index (χ2n) is 7.31. The van der Waals surface area contributed by atoms with Gasteiger partial charge in [-0.3, -0.25) is 4.79 Å². The van der Waals surface area contributed by atoms with Gasteiger partial charge < -0.3 is 13.7 Å². The fourth-order valence-electron chi connectivity index (χ4n) is 3.81. The highest BCUT2D eigenvalue weighted by Gasteiger charge is 2.35. The summed E-state index contributed by atoms with van der Waals surface area (Å²) in [7, 11) is 0. The molecule has 1 amide bonds. The summed E-state index contributed by atoms with van der Waals surface area (Å²) in [4.78, 5) is 18.6. The second-order valence-corrected chi connectivity index (χ2v) is 7.31. The van der Waals surface area contributed by atoms with Crippen molar-refractivity contribution >= 4 is 11.6 Å². The molecule has 1 aliphatic rings. The van der Waals surface area contributed by atoms with Crippen LogP contribution < -0.4 is 0 Å². The number of nitrogens with zero attached hydrogens (tertiary/aromatic N) is 3. The number of furan rings is 1. The van der Waals surface area contributed by atoms with E-state index in [1.54, 1.807) is 17.2 Å². The van der Waals surface area contributed by atoms with E-state index in [1.807, 2.05) is 24.3 Å². The molecule has 1 aromatic carbocycles. The predicted molar refractivity (Wildman–Crippen MR) is 102 cm³/mol. The molecule has 0 fully saturated rings. The number of rotatable bonds is 3. The summed E-state index contributed by atoms with van der Waals surface area (Å²) in [6, 6.07) is 10.4. The Bertz CT molecular complexity index is 1220. The number of aromatic nitrogens is 2. The van der Waals surface area contributed by atoms with Crippen LogP contribution in [0.4, 0.5) is 13.2 Å². The SMILES string of the molecule is O=C(Cc1cn2cc(-c3ccoc3)cc(C(F)(F)F)c2n1)N1Cc2ccccc2C1. The Hall–Kier alpha value is -3.55. The number of carbonyl (C=O) groups excluding carboxylic acids is 1. The van der Waals surface area contributed by atoms with E-state index in [-0.39, 0.29) is 18.0 Å². The fraction of sp³-hybridized carbons (Fsp3) is 0.182. The summed E-state index contributed by atoms with van der Waals surface area (Å²) in [6.07, 6.45) is 1.18. The lowest BCUT2D eigenvalue weighted by Gasteiger charge is -2.14. The molecule has 3 aromatic heterocycles. The van der Waals surface area contributed by atoms with E-state index in [2.05, 4.69) is 4.98 Å². The number of hydrogen-bond donors (Lipinski definition) is 0. The molecule has 5 rings (SSSR count). The molecule has 0 bridgehead atoms.